The molecule has 0 aromatic heterocycles. The fraction of sp³-hybridized carbons (Fsp3) is 1.00. The lowest BCUT2D eigenvalue weighted by Gasteiger charge is -2.47. The van der Waals surface area contributed by atoms with Crippen molar-refractivity contribution in [1.29, 1.82) is 0 Å². The summed E-state index contributed by atoms with van der Waals surface area (Å²) in [6.45, 7) is -2.41. The molecule has 26 heavy (non-hydrogen) atoms. The predicted octanol–water partition coefficient (Wildman–Crippen LogP) is 5.05. The Kier molecular flexibility index (Phi) is 6.42. The second-order valence-electron chi connectivity index (χ2n) is 6.29. The number of hydrogen-bond acceptors (Lipinski definition) is 2. The molecule has 13 heteroatoms. The molecule has 0 saturated carbocycles. The molecule has 0 heterocycles. The molecule has 0 radical (unpaired) electrons. The molecule has 1 N–H and O–H groups in total. The van der Waals surface area contributed by atoms with Gasteiger partial charge in [0.15, 0.2) is 5.67 Å². The molecule has 0 spiro atoms. The van der Waals surface area contributed by atoms with Crippen LogP contribution in [0.4, 0.5) is 48.3 Å². The Morgan fingerprint density at radius 3 is 1.31 bits per heavy atom. The maximum atomic E-state index is 14.3. The Bertz CT molecular complexity index is 480. The maximum Gasteiger partial charge on any atom is 0.434 e. The Balaban J connectivity index is 6.48. The van der Waals surface area contributed by atoms with Gasteiger partial charge in [-0.1, -0.05) is 6.92 Å². The van der Waals surface area contributed by atoms with Gasteiger partial charge in [0.1, 0.15) is 5.60 Å². The van der Waals surface area contributed by atoms with Crippen LogP contribution in [0.15, 0.2) is 0 Å². The number of hydrogen-bond donors (Lipinski definition) is 1. The summed E-state index contributed by atoms with van der Waals surface area (Å²) in [5.74, 6) is 0. The molecule has 2 nitrogen and oxygen atoms in total. The van der Waals surface area contributed by atoms with Crippen LogP contribution in [0.2, 0.25) is 0 Å². The van der Waals surface area contributed by atoms with Crippen molar-refractivity contribution in [3.05, 3.63) is 0 Å². The lowest BCUT2D eigenvalue weighted by molar-refractivity contribution is -0.445. The number of aliphatic hydroxyl groups is 1. The van der Waals surface area contributed by atoms with Gasteiger partial charge in [-0.2, -0.15) is 35.1 Å². The second kappa shape index (κ2) is 6.64. The van der Waals surface area contributed by atoms with Crippen molar-refractivity contribution in [1.82, 2.24) is 0 Å². The van der Waals surface area contributed by atoms with Gasteiger partial charge in [-0.3, -0.25) is 0 Å². The SMILES string of the molecule is CCC(C)(OC(F)(F)[C@](F)(C(C)(C)F)C(F)(F)F)C(F)(CO)C(F)(F)F. The van der Waals surface area contributed by atoms with Crippen LogP contribution in [0.5, 0.6) is 0 Å². The zero-order chi connectivity index (χ0) is 21.6. The molecule has 0 aliphatic carbocycles. The van der Waals surface area contributed by atoms with E-state index in [1.54, 1.807) is 0 Å². The van der Waals surface area contributed by atoms with Gasteiger partial charge >= 0.3 is 24.1 Å². The summed E-state index contributed by atoms with van der Waals surface area (Å²) >= 11 is 0. The number of alkyl halides is 11. The van der Waals surface area contributed by atoms with Crippen LogP contribution in [-0.4, -0.2) is 52.8 Å². The van der Waals surface area contributed by atoms with Crippen LogP contribution in [0.1, 0.15) is 34.1 Å². The van der Waals surface area contributed by atoms with E-state index >= 15 is 0 Å². The van der Waals surface area contributed by atoms with Crippen LogP contribution in [0.25, 0.3) is 0 Å². The van der Waals surface area contributed by atoms with Crippen LogP contribution in [-0.2, 0) is 4.74 Å². The molecule has 158 valence electrons. The van der Waals surface area contributed by atoms with Gasteiger partial charge < -0.3 is 9.84 Å². The van der Waals surface area contributed by atoms with Gasteiger partial charge in [-0.25, -0.2) is 13.2 Å². The predicted molar refractivity (Wildman–Crippen MR) is 66.8 cm³/mol. The van der Waals surface area contributed by atoms with Crippen molar-refractivity contribution >= 4 is 0 Å². The zero-order valence-electron chi connectivity index (χ0n) is 13.9. The molecular formula is C13H17F11O2. The second-order valence-corrected chi connectivity index (χ2v) is 6.29. The van der Waals surface area contributed by atoms with E-state index in [-0.39, 0.29) is 20.8 Å². The van der Waals surface area contributed by atoms with Crippen molar-refractivity contribution < 1.29 is 58.1 Å². The number of ether oxygens (including phenoxy) is 1. The van der Waals surface area contributed by atoms with Crippen molar-refractivity contribution in [2.24, 2.45) is 0 Å². The lowest BCUT2D eigenvalue weighted by Crippen LogP contribution is -2.71. The van der Waals surface area contributed by atoms with E-state index in [0.29, 0.717) is 6.92 Å². The summed E-state index contributed by atoms with van der Waals surface area (Å²) in [4.78, 5) is 0. The fourth-order valence-corrected chi connectivity index (χ4v) is 2.19. The van der Waals surface area contributed by atoms with Gasteiger partial charge in [0, 0.05) is 0 Å². The van der Waals surface area contributed by atoms with Crippen LogP contribution in [0.3, 0.4) is 0 Å². The normalized spacial score (nSPS) is 21.7. The number of halogens is 11. The first-order valence-corrected chi connectivity index (χ1v) is 6.97. The third-order valence-corrected chi connectivity index (χ3v) is 4.14. The molecule has 0 aliphatic rings. The summed E-state index contributed by atoms with van der Waals surface area (Å²) in [6, 6.07) is 0. The minimum atomic E-state index is -6.64. The molecule has 0 fully saturated rings. The largest absolute Gasteiger partial charge is 0.434 e. The molecule has 0 saturated heterocycles. The van der Waals surface area contributed by atoms with Crippen LogP contribution >= 0.6 is 0 Å². The fourth-order valence-electron chi connectivity index (χ4n) is 2.19. The van der Waals surface area contributed by atoms with E-state index in [4.69, 9.17) is 5.11 Å². The van der Waals surface area contributed by atoms with E-state index in [1.165, 1.54) is 0 Å². The van der Waals surface area contributed by atoms with E-state index in [2.05, 4.69) is 4.74 Å². The van der Waals surface area contributed by atoms with Gasteiger partial charge in [0.05, 0.1) is 6.61 Å². The first-order chi connectivity index (χ1) is 11.1. The average molecular weight is 414 g/mol. The van der Waals surface area contributed by atoms with Gasteiger partial charge in [0.25, 0.3) is 5.67 Å². The molecule has 0 amide bonds. The number of aliphatic hydroxyl groups excluding tert-OH is 1. The van der Waals surface area contributed by atoms with Gasteiger partial charge in [-0.05, 0) is 27.2 Å². The Labute approximate surface area is 141 Å². The summed E-state index contributed by atoms with van der Waals surface area (Å²) < 4.78 is 151. The standard InChI is InChI=1S/C13H17F11O2/c1-5-8(4,9(15,6-25)11(17,18)19)26-13(23,24)10(16,7(2,3)14)12(20,21)22/h25H,5-6H2,1-4H3/t8?,9?,10-/m0/s1. The van der Waals surface area contributed by atoms with Crippen LogP contribution in [0, 0.1) is 0 Å². The van der Waals surface area contributed by atoms with Crippen molar-refractivity contribution in [3.8, 4) is 0 Å². The van der Waals surface area contributed by atoms with Gasteiger partial charge in [-0.15, -0.1) is 0 Å². The Morgan fingerprint density at radius 1 is 0.731 bits per heavy atom. The lowest BCUT2D eigenvalue weighted by atomic mass is 9.82. The minimum Gasteiger partial charge on any atom is -0.393 e. The maximum absolute atomic E-state index is 14.3. The highest BCUT2D eigenvalue weighted by atomic mass is 19.4. The molecule has 2 unspecified atom stereocenters. The molecule has 0 bridgehead atoms. The molecule has 3 atom stereocenters. The highest BCUT2D eigenvalue weighted by Crippen LogP contribution is 2.57. The average Bonchev–Trinajstić information content (AvgIpc) is 2.40. The first kappa shape index (κ1) is 25.1. The quantitative estimate of drug-likeness (QED) is 0.592. The first-order valence-electron chi connectivity index (χ1n) is 6.97. The molecule has 0 aromatic carbocycles. The highest BCUT2D eigenvalue weighted by molar-refractivity contribution is 5.10. The molecule has 0 rings (SSSR count). The number of rotatable bonds is 7. The molecular weight excluding hydrogens is 397 g/mol. The van der Waals surface area contributed by atoms with Crippen molar-refractivity contribution in [2.45, 2.75) is 75.2 Å². The van der Waals surface area contributed by atoms with E-state index in [1.807, 2.05) is 0 Å². The summed E-state index contributed by atoms with van der Waals surface area (Å²) in [6.07, 6.45) is -20.4. The summed E-state index contributed by atoms with van der Waals surface area (Å²) in [7, 11) is 0. The van der Waals surface area contributed by atoms with Gasteiger partial charge in [0.2, 0.25) is 0 Å². The summed E-state index contributed by atoms with van der Waals surface area (Å²) in [5.41, 5.74) is -19.4. The molecule has 0 aliphatic heterocycles. The van der Waals surface area contributed by atoms with Crippen molar-refractivity contribution in [3.63, 3.8) is 0 Å². The third-order valence-electron chi connectivity index (χ3n) is 4.14. The molecule has 0 aromatic rings. The third kappa shape index (κ3) is 3.60. The smallest absolute Gasteiger partial charge is 0.393 e. The van der Waals surface area contributed by atoms with Crippen LogP contribution < -0.4 is 0 Å². The topological polar surface area (TPSA) is 29.5 Å². The highest BCUT2D eigenvalue weighted by Gasteiger charge is 2.82. The van der Waals surface area contributed by atoms with Crippen molar-refractivity contribution in [2.75, 3.05) is 6.61 Å². The monoisotopic (exact) mass is 414 g/mol. The van der Waals surface area contributed by atoms with E-state index in [9.17, 15) is 48.3 Å². The van der Waals surface area contributed by atoms with E-state index in [0.717, 1.165) is 0 Å². The Morgan fingerprint density at radius 2 is 1.12 bits per heavy atom. The zero-order valence-corrected chi connectivity index (χ0v) is 13.9. The van der Waals surface area contributed by atoms with E-state index < -0.39 is 54.1 Å². The summed E-state index contributed by atoms with van der Waals surface area (Å²) in [5, 5.41) is 8.70. The Hall–Kier alpha value is -0.850. The minimum absolute atomic E-state index is 0.0351.